The molecule has 0 aliphatic heterocycles. The van der Waals surface area contributed by atoms with Gasteiger partial charge in [0.15, 0.2) is 0 Å². The second kappa shape index (κ2) is 8.27. The fraction of sp³-hybridized carbons (Fsp3) is 0.667. The zero-order valence-electron chi connectivity index (χ0n) is 14.3. The predicted molar refractivity (Wildman–Crippen MR) is 100 cm³/mol. The van der Waals surface area contributed by atoms with Crippen molar-refractivity contribution < 1.29 is 17.0 Å². The Kier molecular flexibility index (Phi) is 6.54. The molecule has 4 nitrogen and oxygen atoms in total. The SMILES string of the molecule is O=P(O)(O)[O][BiH]([c]1ccccc1)([CH]1CCCCC1)[CH]1CCCCC1. The van der Waals surface area contributed by atoms with E-state index in [9.17, 15) is 14.4 Å². The normalized spacial score (nSPS) is 22.4. The van der Waals surface area contributed by atoms with Crippen LogP contribution in [0.25, 0.3) is 0 Å². The number of hydrogen-bond acceptors (Lipinski definition) is 2. The first-order valence-electron chi connectivity index (χ1n) is 9.34. The van der Waals surface area contributed by atoms with Gasteiger partial charge in [0.2, 0.25) is 0 Å². The molecule has 0 unspecified atom stereocenters. The maximum atomic E-state index is 12.0. The molecule has 0 atom stereocenters. The van der Waals surface area contributed by atoms with Gasteiger partial charge in [-0.3, -0.25) is 0 Å². The minimum absolute atomic E-state index is 0.407. The molecule has 0 amide bonds. The van der Waals surface area contributed by atoms with Gasteiger partial charge in [0.05, 0.1) is 0 Å². The Labute approximate surface area is 150 Å². The molecule has 2 saturated carbocycles. The quantitative estimate of drug-likeness (QED) is 0.423. The number of benzene rings is 1. The average Bonchev–Trinajstić information content (AvgIpc) is 2.61. The van der Waals surface area contributed by atoms with Crippen LogP contribution in [0.3, 0.4) is 0 Å². The van der Waals surface area contributed by atoms with Crippen molar-refractivity contribution in [2.75, 3.05) is 0 Å². The van der Waals surface area contributed by atoms with Crippen LogP contribution in [0.4, 0.5) is 0 Å². The molecule has 0 bridgehead atoms. The van der Waals surface area contributed by atoms with Crippen LogP contribution < -0.4 is 3.27 Å². The van der Waals surface area contributed by atoms with Crippen molar-refractivity contribution in [3.05, 3.63) is 30.3 Å². The summed E-state index contributed by atoms with van der Waals surface area (Å²) in [5.41, 5.74) is 0. The third kappa shape index (κ3) is 4.30. The molecule has 1 aromatic carbocycles. The second-order valence-electron chi connectivity index (χ2n) is 7.41. The van der Waals surface area contributed by atoms with Crippen LogP contribution in [-0.2, 0) is 7.17 Å². The summed E-state index contributed by atoms with van der Waals surface area (Å²) in [6.45, 7) is 0. The average molecular weight is 550 g/mol. The molecule has 0 heterocycles. The topological polar surface area (TPSA) is 66.8 Å². The molecular formula is C18H30BiO4P. The van der Waals surface area contributed by atoms with Gasteiger partial charge in [0.25, 0.3) is 0 Å². The molecule has 2 N–H and O–H groups in total. The van der Waals surface area contributed by atoms with Gasteiger partial charge in [0, 0.05) is 0 Å². The van der Waals surface area contributed by atoms with E-state index in [1.807, 2.05) is 18.2 Å². The molecule has 2 aliphatic carbocycles. The van der Waals surface area contributed by atoms with E-state index in [-0.39, 0.29) is 0 Å². The molecule has 3 rings (SSSR count). The molecule has 2 aliphatic rings. The fourth-order valence-electron chi connectivity index (χ4n) is 4.96. The van der Waals surface area contributed by atoms with Gasteiger partial charge in [-0.15, -0.1) is 0 Å². The van der Waals surface area contributed by atoms with Crippen molar-refractivity contribution in [1.82, 2.24) is 0 Å². The van der Waals surface area contributed by atoms with Gasteiger partial charge in [-0.05, 0) is 0 Å². The van der Waals surface area contributed by atoms with E-state index < -0.39 is 28.5 Å². The number of rotatable bonds is 5. The van der Waals surface area contributed by atoms with Crippen molar-refractivity contribution >= 4 is 31.8 Å². The zero-order chi connectivity index (χ0) is 17.0. The number of hydrogen-bond donors (Lipinski definition) is 2. The molecule has 2 fully saturated rings. The summed E-state index contributed by atoms with van der Waals surface area (Å²) in [6, 6.07) is 10.2. The summed E-state index contributed by atoms with van der Waals surface area (Å²) in [4.78, 5) is 19.6. The van der Waals surface area contributed by atoms with Crippen molar-refractivity contribution in [1.29, 1.82) is 0 Å². The van der Waals surface area contributed by atoms with Gasteiger partial charge in [-0.1, -0.05) is 0 Å². The summed E-state index contributed by atoms with van der Waals surface area (Å²) >= 11 is -3.92. The van der Waals surface area contributed by atoms with Gasteiger partial charge in [0.1, 0.15) is 0 Å². The van der Waals surface area contributed by atoms with E-state index in [0.717, 1.165) is 25.7 Å². The van der Waals surface area contributed by atoms with Crippen molar-refractivity contribution in [2.45, 2.75) is 71.5 Å². The first kappa shape index (κ1) is 19.0. The van der Waals surface area contributed by atoms with Crippen molar-refractivity contribution in [2.24, 2.45) is 0 Å². The van der Waals surface area contributed by atoms with Crippen LogP contribution in [0.2, 0.25) is 7.25 Å². The fourth-order valence-corrected chi connectivity index (χ4v) is 33.9. The molecule has 136 valence electrons. The Bertz CT molecular complexity index is 544. The third-order valence-corrected chi connectivity index (χ3v) is 31.5. The monoisotopic (exact) mass is 550 g/mol. The standard InChI is InChI=1S/2C6H11.C6H5.Bi.H3O4P.H/c3*1-2-4-6-5-3-1;;1-5(2,3)4;/h2*1H,2-6H2;1-5H;;(H3,1,2,3,4);/q;;;+1;;/p-1. The Hall–Kier alpha value is 0.213. The van der Waals surface area contributed by atoms with E-state index in [1.165, 1.54) is 41.8 Å². The van der Waals surface area contributed by atoms with Gasteiger partial charge in [-0.25, -0.2) is 0 Å². The van der Waals surface area contributed by atoms with E-state index in [0.29, 0.717) is 7.25 Å². The molecule has 24 heavy (non-hydrogen) atoms. The Balaban J connectivity index is 2.08. The molecular weight excluding hydrogens is 520 g/mol. The predicted octanol–water partition coefficient (Wildman–Crippen LogP) is 4.35. The molecule has 0 saturated heterocycles. The zero-order valence-corrected chi connectivity index (χ0v) is 19.1. The van der Waals surface area contributed by atoms with E-state index in [4.69, 9.17) is 2.60 Å². The van der Waals surface area contributed by atoms with Crippen LogP contribution in [0.1, 0.15) is 64.2 Å². The summed E-state index contributed by atoms with van der Waals surface area (Å²) in [5, 5.41) is 0. The molecule has 6 heteroatoms. The summed E-state index contributed by atoms with van der Waals surface area (Å²) in [5.74, 6) is 0. The van der Waals surface area contributed by atoms with Gasteiger partial charge in [-0.2, -0.15) is 0 Å². The van der Waals surface area contributed by atoms with E-state index >= 15 is 0 Å². The van der Waals surface area contributed by atoms with E-state index in [2.05, 4.69) is 12.1 Å². The number of phosphoric acid groups is 1. The van der Waals surface area contributed by atoms with Gasteiger partial charge >= 0.3 is 151 Å². The summed E-state index contributed by atoms with van der Waals surface area (Å²) in [7, 11) is -4.49. The van der Waals surface area contributed by atoms with E-state index in [1.54, 1.807) is 0 Å². The Morgan fingerprint density at radius 2 is 1.29 bits per heavy atom. The molecule has 0 aromatic heterocycles. The van der Waals surface area contributed by atoms with Crippen LogP contribution in [0, 0.1) is 0 Å². The second-order valence-corrected chi connectivity index (χ2v) is 25.5. The Morgan fingerprint density at radius 1 is 0.833 bits per heavy atom. The molecule has 0 radical (unpaired) electrons. The van der Waals surface area contributed by atoms with Crippen molar-refractivity contribution in [3.63, 3.8) is 0 Å². The van der Waals surface area contributed by atoms with Gasteiger partial charge < -0.3 is 0 Å². The molecule has 1 aromatic rings. The van der Waals surface area contributed by atoms with Crippen LogP contribution >= 0.6 is 7.82 Å². The maximum absolute atomic E-state index is 12.0. The third-order valence-electron chi connectivity index (χ3n) is 5.92. The van der Waals surface area contributed by atoms with Crippen molar-refractivity contribution in [3.8, 4) is 0 Å². The molecule has 0 spiro atoms. The first-order chi connectivity index (χ1) is 11.5. The van der Waals surface area contributed by atoms with Crippen LogP contribution in [0.15, 0.2) is 30.3 Å². The van der Waals surface area contributed by atoms with Crippen LogP contribution in [-0.4, -0.2) is 30.5 Å². The first-order valence-corrected chi connectivity index (χ1v) is 18.9. The Morgan fingerprint density at radius 3 is 1.71 bits per heavy atom. The minimum atomic E-state index is -4.49. The summed E-state index contributed by atoms with van der Waals surface area (Å²) < 4.78 is 20.0. The van der Waals surface area contributed by atoms with Crippen LogP contribution in [0.5, 0.6) is 0 Å². The summed E-state index contributed by atoms with van der Waals surface area (Å²) in [6.07, 6.45) is 11.6.